The highest BCUT2D eigenvalue weighted by Crippen LogP contribution is 2.31. The number of piperazine rings is 1. The zero-order valence-corrected chi connectivity index (χ0v) is 18.9. The lowest BCUT2D eigenvalue weighted by atomic mass is 10.0. The molecule has 32 heavy (non-hydrogen) atoms. The quantitative estimate of drug-likeness (QED) is 0.591. The van der Waals surface area contributed by atoms with E-state index in [4.69, 9.17) is 11.6 Å². The van der Waals surface area contributed by atoms with Crippen molar-refractivity contribution in [3.05, 3.63) is 64.7 Å². The lowest BCUT2D eigenvalue weighted by Gasteiger charge is -2.28. The second-order valence-electron chi connectivity index (χ2n) is 7.34. The third kappa shape index (κ3) is 4.67. The Kier molecular flexibility index (Phi) is 6.28. The molecule has 2 aromatic heterocycles. The van der Waals surface area contributed by atoms with Crippen LogP contribution in [0.5, 0.6) is 0 Å². The number of hydrogen-bond acceptors (Lipinski definition) is 7. The summed E-state index contributed by atoms with van der Waals surface area (Å²) < 4.78 is 28.5. The van der Waals surface area contributed by atoms with Crippen LogP contribution < -0.4 is 14.9 Å². The first-order valence-electron chi connectivity index (χ1n) is 10.0. The van der Waals surface area contributed by atoms with Gasteiger partial charge < -0.3 is 10.2 Å². The number of nitriles is 1. The Labute approximate surface area is 191 Å². The average Bonchev–Trinajstić information content (AvgIpc) is 2.81. The van der Waals surface area contributed by atoms with E-state index in [1.54, 1.807) is 36.4 Å². The number of hydrogen-bond donors (Lipinski definition) is 2. The molecule has 1 aliphatic rings. The molecular weight excluding hydrogens is 448 g/mol. The normalized spacial score (nSPS) is 14.1. The van der Waals surface area contributed by atoms with Gasteiger partial charge in [-0.25, -0.2) is 9.97 Å². The second-order valence-corrected chi connectivity index (χ2v) is 9.38. The van der Waals surface area contributed by atoms with Crippen LogP contribution in [-0.2, 0) is 10.0 Å². The molecule has 1 saturated heterocycles. The number of nitrogens with one attached hydrogen (secondary N) is 2. The summed E-state index contributed by atoms with van der Waals surface area (Å²) in [4.78, 5) is 10.8. The largest absolute Gasteiger partial charge is 0.354 e. The van der Waals surface area contributed by atoms with Crippen LogP contribution >= 0.6 is 11.6 Å². The van der Waals surface area contributed by atoms with E-state index < -0.39 is 10.0 Å². The molecule has 0 spiro atoms. The Morgan fingerprint density at radius 3 is 2.66 bits per heavy atom. The summed E-state index contributed by atoms with van der Waals surface area (Å²) >= 11 is 6.35. The Bertz CT molecular complexity index is 1300. The zero-order chi connectivity index (χ0) is 22.7. The van der Waals surface area contributed by atoms with Crippen molar-refractivity contribution in [3.63, 3.8) is 0 Å². The van der Waals surface area contributed by atoms with Crippen molar-refractivity contribution in [2.24, 2.45) is 0 Å². The Hall–Kier alpha value is -3.19. The Morgan fingerprint density at radius 1 is 1.12 bits per heavy atom. The van der Waals surface area contributed by atoms with Crippen molar-refractivity contribution in [2.45, 2.75) is 11.9 Å². The monoisotopic (exact) mass is 468 g/mol. The van der Waals surface area contributed by atoms with Crippen LogP contribution in [0.15, 0.2) is 53.6 Å². The smallest absolute Gasteiger partial charge is 0.280 e. The van der Waals surface area contributed by atoms with Crippen LogP contribution in [0.1, 0.15) is 11.1 Å². The van der Waals surface area contributed by atoms with Gasteiger partial charge in [-0.15, -0.1) is 0 Å². The standard InChI is InChI=1S/C22H21ClN6O2S/c1-15-5-6-16(14-24)13-17(15)22-18(23)7-8-19(26-22)28-32(30,31)21-4-2-3-20(27-21)29-11-9-25-10-12-29/h2-8,13,25H,9-12H2,1H3,(H,26,28). The first-order chi connectivity index (χ1) is 15.4. The van der Waals surface area contributed by atoms with Gasteiger partial charge in [-0.3, -0.25) is 4.72 Å². The van der Waals surface area contributed by atoms with Crippen LogP contribution in [0.3, 0.4) is 0 Å². The van der Waals surface area contributed by atoms with Crippen molar-refractivity contribution >= 4 is 33.3 Å². The van der Waals surface area contributed by atoms with E-state index in [9.17, 15) is 13.7 Å². The van der Waals surface area contributed by atoms with Crippen molar-refractivity contribution < 1.29 is 8.42 Å². The van der Waals surface area contributed by atoms with E-state index in [0.717, 1.165) is 31.7 Å². The van der Waals surface area contributed by atoms with E-state index >= 15 is 0 Å². The van der Waals surface area contributed by atoms with Gasteiger partial charge >= 0.3 is 0 Å². The van der Waals surface area contributed by atoms with E-state index in [2.05, 4.69) is 26.1 Å². The van der Waals surface area contributed by atoms with Crippen LogP contribution in [0.2, 0.25) is 5.02 Å². The highest BCUT2D eigenvalue weighted by molar-refractivity contribution is 7.92. The number of sulfonamides is 1. The van der Waals surface area contributed by atoms with Crippen LogP contribution in [0.4, 0.5) is 11.6 Å². The molecule has 2 N–H and O–H groups in total. The fraction of sp³-hybridized carbons (Fsp3) is 0.227. The van der Waals surface area contributed by atoms with Gasteiger partial charge in [0.15, 0.2) is 5.03 Å². The van der Waals surface area contributed by atoms with Crippen molar-refractivity contribution in [3.8, 4) is 17.3 Å². The molecule has 164 valence electrons. The van der Waals surface area contributed by atoms with Crippen LogP contribution in [-0.4, -0.2) is 44.6 Å². The summed E-state index contributed by atoms with van der Waals surface area (Å²) in [5, 5.41) is 12.7. The molecule has 3 aromatic rings. The molecule has 10 heteroatoms. The minimum absolute atomic E-state index is 0.0884. The van der Waals surface area contributed by atoms with Gasteiger partial charge in [0.05, 0.1) is 22.3 Å². The minimum Gasteiger partial charge on any atom is -0.354 e. The molecule has 0 aliphatic carbocycles. The van der Waals surface area contributed by atoms with Gasteiger partial charge in [0.1, 0.15) is 11.6 Å². The van der Waals surface area contributed by atoms with E-state index in [0.29, 0.717) is 27.7 Å². The van der Waals surface area contributed by atoms with Crippen LogP contribution in [0, 0.1) is 18.3 Å². The van der Waals surface area contributed by atoms with E-state index in [1.165, 1.54) is 12.1 Å². The first kappa shape index (κ1) is 22.0. The van der Waals surface area contributed by atoms with Crippen molar-refractivity contribution in [1.82, 2.24) is 15.3 Å². The Morgan fingerprint density at radius 2 is 1.91 bits per heavy atom. The molecule has 4 rings (SSSR count). The second kappa shape index (κ2) is 9.12. The molecule has 1 aromatic carbocycles. The van der Waals surface area contributed by atoms with Gasteiger partial charge in [0.2, 0.25) is 0 Å². The fourth-order valence-corrected chi connectivity index (χ4v) is 4.62. The minimum atomic E-state index is -3.97. The molecule has 0 amide bonds. The number of aromatic nitrogens is 2. The van der Waals surface area contributed by atoms with Gasteiger partial charge in [0, 0.05) is 31.7 Å². The highest BCUT2D eigenvalue weighted by atomic mass is 35.5. The summed E-state index contributed by atoms with van der Waals surface area (Å²) in [5.74, 6) is 0.726. The summed E-state index contributed by atoms with van der Waals surface area (Å²) in [7, 11) is -3.97. The number of benzene rings is 1. The maximum atomic E-state index is 13.0. The van der Waals surface area contributed by atoms with Gasteiger partial charge in [-0.05, 0) is 48.9 Å². The van der Waals surface area contributed by atoms with Gasteiger partial charge in [-0.1, -0.05) is 23.7 Å². The third-order valence-electron chi connectivity index (χ3n) is 5.13. The van der Waals surface area contributed by atoms with Crippen LogP contribution in [0.25, 0.3) is 11.3 Å². The lowest BCUT2D eigenvalue weighted by molar-refractivity contribution is 0.580. The van der Waals surface area contributed by atoms with E-state index in [-0.39, 0.29) is 10.8 Å². The first-order valence-corrected chi connectivity index (χ1v) is 11.9. The topological polar surface area (TPSA) is 111 Å². The predicted octanol–water partition coefficient (Wildman–Crippen LogP) is 3.19. The molecule has 8 nitrogen and oxygen atoms in total. The molecule has 0 saturated carbocycles. The number of pyridine rings is 2. The predicted molar refractivity (Wildman–Crippen MR) is 124 cm³/mol. The third-order valence-corrected chi connectivity index (χ3v) is 6.69. The zero-order valence-electron chi connectivity index (χ0n) is 17.3. The number of rotatable bonds is 5. The molecule has 0 bridgehead atoms. The molecule has 0 unspecified atom stereocenters. The molecule has 0 radical (unpaired) electrons. The number of anilines is 2. The SMILES string of the molecule is Cc1ccc(C#N)cc1-c1nc(NS(=O)(=O)c2cccc(N3CCNCC3)n2)ccc1Cl. The van der Waals surface area contributed by atoms with Crippen molar-refractivity contribution in [2.75, 3.05) is 35.8 Å². The van der Waals surface area contributed by atoms with Crippen molar-refractivity contribution in [1.29, 1.82) is 5.26 Å². The summed E-state index contributed by atoms with van der Waals surface area (Å²) in [6, 6.07) is 15.3. The summed E-state index contributed by atoms with van der Waals surface area (Å²) in [6.07, 6.45) is 0. The van der Waals surface area contributed by atoms with E-state index in [1.807, 2.05) is 11.8 Å². The number of aryl methyl sites for hydroxylation is 1. The highest BCUT2D eigenvalue weighted by Gasteiger charge is 2.20. The summed E-state index contributed by atoms with van der Waals surface area (Å²) in [6.45, 7) is 5.03. The molecule has 1 aliphatic heterocycles. The number of nitrogens with zero attached hydrogens (tertiary/aromatic N) is 4. The maximum absolute atomic E-state index is 13.0. The lowest BCUT2D eigenvalue weighted by Crippen LogP contribution is -2.44. The Balaban J connectivity index is 1.65. The average molecular weight is 469 g/mol. The molecular formula is C22H21ClN6O2S. The van der Waals surface area contributed by atoms with Gasteiger partial charge in [-0.2, -0.15) is 13.7 Å². The fourth-order valence-electron chi connectivity index (χ4n) is 3.45. The number of halogens is 1. The molecule has 1 fully saturated rings. The molecule has 3 heterocycles. The van der Waals surface area contributed by atoms with Gasteiger partial charge in [0.25, 0.3) is 10.0 Å². The molecule has 0 atom stereocenters. The maximum Gasteiger partial charge on any atom is 0.280 e. The summed E-state index contributed by atoms with van der Waals surface area (Å²) in [5.41, 5.74) is 2.38.